The van der Waals surface area contributed by atoms with Crippen LogP contribution in [0.15, 0.2) is 67.3 Å². The SMILES string of the molecule is CC/C(=C/N)c1nc(NCc2ccc(OCCCc3cc(-c4cnc([C@H](C)Nc5nccc(N6C(=O)OC[C@@H]6[C@H](C)F)n5)cc4C)cc(C(F)(F)F)n3)nc2)cc(N2CCCC[C@H]2CCO)n1. The average molecular weight is 929 g/mol. The van der Waals surface area contributed by atoms with E-state index in [1.165, 1.54) is 31.6 Å². The van der Waals surface area contributed by atoms with Crippen molar-refractivity contribution in [2.24, 2.45) is 5.73 Å². The van der Waals surface area contributed by atoms with Crippen LogP contribution in [-0.4, -0.2) is 90.7 Å². The highest BCUT2D eigenvalue weighted by Gasteiger charge is 2.39. The van der Waals surface area contributed by atoms with Crippen molar-refractivity contribution in [3.63, 3.8) is 0 Å². The van der Waals surface area contributed by atoms with Crippen LogP contribution in [0.25, 0.3) is 16.7 Å². The number of alkyl halides is 4. The number of nitrogens with one attached hydrogen (secondary N) is 2. The van der Waals surface area contributed by atoms with E-state index in [9.17, 15) is 27.5 Å². The first-order valence-electron chi connectivity index (χ1n) is 22.5. The fourth-order valence-electron chi connectivity index (χ4n) is 8.13. The summed E-state index contributed by atoms with van der Waals surface area (Å²) in [5.41, 5.74) is 8.93. The molecule has 67 heavy (non-hydrogen) atoms. The number of rotatable bonds is 19. The summed E-state index contributed by atoms with van der Waals surface area (Å²) in [7, 11) is 0. The van der Waals surface area contributed by atoms with E-state index in [1.807, 2.05) is 26.0 Å². The minimum Gasteiger partial charge on any atom is -0.478 e. The molecule has 7 rings (SSSR count). The number of hydrogen-bond donors (Lipinski definition) is 4. The average Bonchev–Trinajstić information content (AvgIpc) is 3.72. The zero-order valence-corrected chi connectivity index (χ0v) is 37.9. The van der Waals surface area contributed by atoms with Crippen LogP contribution in [0.3, 0.4) is 0 Å². The predicted octanol–water partition coefficient (Wildman–Crippen LogP) is 8.38. The zero-order chi connectivity index (χ0) is 47.7. The Kier molecular flexibility index (Phi) is 15.6. The van der Waals surface area contributed by atoms with Crippen molar-refractivity contribution in [1.82, 2.24) is 34.9 Å². The van der Waals surface area contributed by atoms with E-state index in [0.717, 1.165) is 53.7 Å². The minimum absolute atomic E-state index is 0.0989. The lowest BCUT2D eigenvalue weighted by molar-refractivity contribution is -0.141. The molecule has 5 N–H and O–H groups in total. The van der Waals surface area contributed by atoms with Crippen molar-refractivity contribution in [2.45, 2.75) is 110 Å². The monoisotopic (exact) mass is 928 g/mol. The summed E-state index contributed by atoms with van der Waals surface area (Å²) in [6.07, 6.45) is 4.49. The van der Waals surface area contributed by atoms with Crippen LogP contribution in [-0.2, 0) is 23.9 Å². The van der Waals surface area contributed by atoms with Crippen molar-refractivity contribution in [1.29, 1.82) is 0 Å². The third kappa shape index (κ3) is 12.0. The van der Waals surface area contributed by atoms with Gasteiger partial charge < -0.3 is 35.8 Å². The number of anilines is 4. The fraction of sp³-hybridized carbons (Fsp3) is 0.447. The number of cyclic esters (lactones) is 1. The Balaban J connectivity index is 0.961. The molecule has 20 heteroatoms. The first-order valence-corrected chi connectivity index (χ1v) is 22.5. The number of aliphatic hydroxyl groups is 1. The largest absolute Gasteiger partial charge is 0.478 e. The van der Waals surface area contributed by atoms with E-state index >= 15 is 0 Å². The van der Waals surface area contributed by atoms with Gasteiger partial charge in [-0.15, -0.1) is 0 Å². The van der Waals surface area contributed by atoms with Crippen LogP contribution in [0.4, 0.5) is 45.8 Å². The maximum Gasteiger partial charge on any atom is 0.433 e. The molecular weight excluding hydrogens is 873 g/mol. The number of aryl methyl sites for hydroxylation is 2. The number of hydrogen-bond acceptors (Lipinski definition) is 15. The molecule has 0 saturated carbocycles. The van der Waals surface area contributed by atoms with E-state index in [4.69, 9.17) is 25.2 Å². The van der Waals surface area contributed by atoms with Gasteiger partial charge in [0.2, 0.25) is 11.8 Å². The summed E-state index contributed by atoms with van der Waals surface area (Å²) >= 11 is 0. The summed E-state index contributed by atoms with van der Waals surface area (Å²) < 4.78 is 67.6. The Morgan fingerprint density at radius 3 is 2.60 bits per heavy atom. The molecule has 2 fully saturated rings. The first kappa shape index (κ1) is 48.2. The molecule has 5 aromatic heterocycles. The lowest BCUT2D eigenvalue weighted by atomic mass is 9.99. The van der Waals surface area contributed by atoms with Gasteiger partial charge in [0.25, 0.3) is 0 Å². The van der Waals surface area contributed by atoms with Crippen LogP contribution in [0, 0.1) is 6.92 Å². The van der Waals surface area contributed by atoms with Crippen molar-refractivity contribution in [3.05, 3.63) is 101 Å². The molecule has 2 aliphatic heterocycles. The molecule has 5 aromatic rings. The topological polar surface area (TPSA) is 203 Å². The van der Waals surface area contributed by atoms with Crippen molar-refractivity contribution >= 4 is 35.1 Å². The van der Waals surface area contributed by atoms with Gasteiger partial charge in [-0.2, -0.15) is 18.2 Å². The molecular formula is C47H56F4N12O4. The lowest BCUT2D eigenvalue weighted by Crippen LogP contribution is -2.40. The summed E-state index contributed by atoms with van der Waals surface area (Å²) in [4.78, 5) is 47.0. The molecule has 356 valence electrons. The number of carbonyl (C=O) groups is 1. The van der Waals surface area contributed by atoms with E-state index in [2.05, 4.69) is 40.5 Å². The van der Waals surface area contributed by atoms with Gasteiger partial charge in [0, 0.05) is 79.5 Å². The lowest BCUT2D eigenvalue weighted by Gasteiger charge is -2.36. The normalized spacial score (nSPS) is 17.6. The molecule has 0 aromatic carbocycles. The van der Waals surface area contributed by atoms with Gasteiger partial charge in [-0.3, -0.25) is 9.88 Å². The second-order valence-corrected chi connectivity index (χ2v) is 16.6. The number of carbonyl (C=O) groups excluding carboxylic acids is 1. The van der Waals surface area contributed by atoms with E-state index in [1.54, 1.807) is 31.3 Å². The smallest absolute Gasteiger partial charge is 0.433 e. The molecule has 4 atom stereocenters. The van der Waals surface area contributed by atoms with Gasteiger partial charge in [0.15, 0.2) is 5.82 Å². The van der Waals surface area contributed by atoms with Gasteiger partial charge in [-0.1, -0.05) is 13.0 Å². The molecule has 16 nitrogen and oxygen atoms in total. The highest BCUT2D eigenvalue weighted by atomic mass is 19.4. The fourth-order valence-corrected chi connectivity index (χ4v) is 8.13. The second kappa shape index (κ2) is 21.7. The highest BCUT2D eigenvalue weighted by molar-refractivity contribution is 5.89. The Bertz CT molecular complexity index is 2510. The number of nitrogens with zero attached hydrogens (tertiary/aromatic N) is 9. The Hall–Kier alpha value is -6.70. The Morgan fingerprint density at radius 1 is 1.04 bits per heavy atom. The maximum atomic E-state index is 14.2. The van der Waals surface area contributed by atoms with Crippen molar-refractivity contribution in [3.8, 4) is 17.0 Å². The molecule has 0 radical (unpaired) electrons. The molecule has 0 aliphatic carbocycles. The molecule has 0 spiro atoms. The molecule has 2 aliphatic rings. The summed E-state index contributed by atoms with van der Waals surface area (Å²) in [6.45, 7) is 8.39. The highest BCUT2D eigenvalue weighted by Crippen LogP contribution is 2.34. The van der Waals surface area contributed by atoms with E-state index < -0.39 is 36.2 Å². The number of pyridine rings is 3. The summed E-state index contributed by atoms with van der Waals surface area (Å²) in [5.74, 6) is 2.68. The predicted molar refractivity (Wildman–Crippen MR) is 246 cm³/mol. The first-order chi connectivity index (χ1) is 32.2. The number of allylic oxidation sites excluding steroid dienone is 1. The second-order valence-electron chi connectivity index (χ2n) is 16.6. The third-order valence-electron chi connectivity index (χ3n) is 11.8. The molecule has 1 amide bonds. The molecule has 2 saturated heterocycles. The third-order valence-corrected chi connectivity index (χ3v) is 11.8. The van der Waals surface area contributed by atoms with Gasteiger partial charge in [-0.25, -0.2) is 34.1 Å². The number of piperidine rings is 1. The quantitative estimate of drug-likeness (QED) is 0.0454. The van der Waals surface area contributed by atoms with Gasteiger partial charge in [-0.05, 0) is 107 Å². The Labute approximate surface area is 386 Å². The number of halogens is 4. The maximum absolute atomic E-state index is 14.2. The van der Waals surface area contributed by atoms with Gasteiger partial charge >= 0.3 is 12.3 Å². The minimum atomic E-state index is -4.68. The van der Waals surface area contributed by atoms with Crippen molar-refractivity contribution < 1.29 is 36.9 Å². The van der Waals surface area contributed by atoms with Crippen LogP contribution in [0.1, 0.15) is 99.4 Å². The van der Waals surface area contributed by atoms with Crippen LogP contribution >= 0.6 is 0 Å². The van der Waals surface area contributed by atoms with Crippen LogP contribution in [0.2, 0.25) is 0 Å². The van der Waals surface area contributed by atoms with Gasteiger partial charge in [0.05, 0.1) is 18.3 Å². The number of amides is 1. The van der Waals surface area contributed by atoms with Crippen LogP contribution < -0.4 is 30.9 Å². The zero-order valence-electron chi connectivity index (χ0n) is 37.9. The molecule has 7 heterocycles. The molecule has 0 unspecified atom stereocenters. The number of aliphatic hydroxyl groups excluding tert-OH is 1. The van der Waals surface area contributed by atoms with E-state index in [-0.39, 0.29) is 49.7 Å². The van der Waals surface area contributed by atoms with Gasteiger partial charge in [0.1, 0.15) is 42.0 Å². The number of ether oxygens (including phenoxy) is 2. The standard InChI is InChI=1S/C47H56F4N12O4/c1-5-32(23-52)44-59-40(22-42(60-44)62-16-7-6-10-35(62)14-17-64)55-24-31-11-12-43(56-25-31)66-18-8-9-34-20-33(21-39(58-34)47(49,50)51)36-26-54-37(19-28(36)2)30(4)57-45-53-15-13-41(61-45)63-38(29(3)48)27-67-46(63)65/h11-13,15,19-23,25-26,29-30,35,38,64H,5-10,14,16-18,24,27,52H2,1-4H3,(H,53,57,61)(H,55,59,60)/b32-23-/t29-,30-,35-,38+/m0/s1. The number of aromatic nitrogens is 7. The molecule has 0 bridgehead atoms. The summed E-state index contributed by atoms with van der Waals surface area (Å²) in [6, 6.07) is 10.3. The van der Waals surface area contributed by atoms with Crippen molar-refractivity contribution in [2.75, 3.05) is 46.8 Å². The summed E-state index contributed by atoms with van der Waals surface area (Å²) in [5, 5.41) is 16.2. The Morgan fingerprint density at radius 2 is 1.88 bits per heavy atom. The van der Waals surface area contributed by atoms with Crippen LogP contribution in [0.5, 0.6) is 5.88 Å². The van der Waals surface area contributed by atoms with E-state index in [0.29, 0.717) is 65.7 Å². The number of nitrogens with two attached hydrogens (primary N) is 1.